The zero-order valence-electron chi connectivity index (χ0n) is 20.8. The number of carbonyl (C=O) groups is 1. The van der Waals surface area contributed by atoms with E-state index in [1.807, 2.05) is 47.6 Å². The summed E-state index contributed by atoms with van der Waals surface area (Å²) in [5.74, 6) is -1.08. The van der Waals surface area contributed by atoms with Gasteiger partial charge in [0.2, 0.25) is 0 Å². The van der Waals surface area contributed by atoms with E-state index in [0.29, 0.717) is 23.2 Å². The third-order valence-corrected chi connectivity index (χ3v) is 4.88. The Balaban J connectivity index is 2.19. The smallest absolute Gasteiger partial charge is 0.320 e. The van der Waals surface area contributed by atoms with Crippen LogP contribution in [0.1, 0.15) is 47.1 Å². The minimum absolute atomic E-state index is 0.108. The topological polar surface area (TPSA) is 48.0 Å². The first-order chi connectivity index (χ1) is 15.2. The van der Waals surface area contributed by atoms with E-state index in [1.165, 1.54) is 25.3 Å². The summed E-state index contributed by atoms with van der Waals surface area (Å²) in [5, 5.41) is 0. The lowest BCUT2D eigenvalue weighted by Gasteiger charge is -2.25. The Morgan fingerprint density at radius 1 is 0.970 bits per heavy atom. The minimum atomic E-state index is -0.548. The number of hydrogen-bond donors (Lipinski definition) is 0. The molecule has 0 aliphatic rings. The normalized spacial score (nSPS) is 12.1. The van der Waals surface area contributed by atoms with Gasteiger partial charge in [-0.1, -0.05) is 26.8 Å². The summed E-state index contributed by atoms with van der Waals surface area (Å²) in [6.07, 6.45) is 0. The molecule has 0 aliphatic carbocycles. The van der Waals surface area contributed by atoms with Crippen LogP contribution in [-0.2, 0) is 14.9 Å². The maximum atomic E-state index is 15.2. The molecule has 2 aromatic carbocycles. The van der Waals surface area contributed by atoms with Gasteiger partial charge in [-0.25, -0.2) is 8.78 Å². The molecule has 0 saturated heterocycles. The fourth-order valence-corrected chi connectivity index (χ4v) is 3.29. The lowest BCUT2D eigenvalue weighted by atomic mass is 9.84. The first-order valence-electron chi connectivity index (χ1n) is 10.9. The molecule has 0 spiro atoms. The van der Waals surface area contributed by atoms with E-state index in [0.717, 1.165) is 0 Å². The minimum Gasteiger partial charge on any atom is -0.494 e. The zero-order chi connectivity index (χ0) is 25.0. The molecule has 5 nitrogen and oxygen atoms in total. The van der Waals surface area contributed by atoms with Crippen molar-refractivity contribution in [1.29, 1.82) is 0 Å². The van der Waals surface area contributed by atoms with Crippen molar-refractivity contribution in [3.05, 3.63) is 47.5 Å². The molecule has 0 fully saturated rings. The van der Waals surface area contributed by atoms with Crippen LogP contribution in [0.25, 0.3) is 11.1 Å². The van der Waals surface area contributed by atoms with Gasteiger partial charge in [-0.3, -0.25) is 9.69 Å². The van der Waals surface area contributed by atoms with Crippen molar-refractivity contribution in [2.75, 3.05) is 33.9 Å². The molecule has 0 radical (unpaired) electrons. The molecule has 0 atom stereocenters. The number of nitrogens with zero attached hydrogens (tertiary/aromatic N) is 1. The number of hydrogen-bond acceptors (Lipinski definition) is 5. The summed E-state index contributed by atoms with van der Waals surface area (Å²) >= 11 is 0. The standard InChI is InChI=1S/C26H35F2NO4/c1-25(2,3)19-13-18(17-9-10-22(31-8)20(27)14-17)15-21(28)24(19)32-12-11-29(7)16-23(30)33-26(4,5)6/h9-10,13-15H,11-12,16H2,1-8H3. The second-order valence-electron chi connectivity index (χ2n) is 10.1. The van der Waals surface area contributed by atoms with Crippen LogP contribution in [0.2, 0.25) is 0 Å². The predicted molar refractivity (Wildman–Crippen MR) is 126 cm³/mol. The van der Waals surface area contributed by atoms with Crippen molar-refractivity contribution in [2.45, 2.75) is 52.6 Å². The maximum absolute atomic E-state index is 15.2. The van der Waals surface area contributed by atoms with Crippen LogP contribution in [0.3, 0.4) is 0 Å². The summed E-state index contributed by atoms with van der Waals surface area (Å²) in [7, 11) is 3.17. The van der Waals surface area contributed by atoms with Crippen LogP contribution in [0.15, 0.2) is 30.3 Å². The number of benzene rings is 2. The quantitative estimate of drug-likeness (QED) is 0.478. The van der Waals surface area contributed by atoms with Gasteiger partial charge in [0.25, 0.3) is 0 Å². The number of ether oxygens (including phenoxy) is 3. The highest BCUT2D eigenvalue weighted by atomic mass is 19.1. The summed E-state index contributed by atoms with van der Waals surface area (Å²) in [5.41, 5.74) is 0.797. The molecule has 33 heavy (non-hydrogen) atoms. The Hall–Kier alpha value is -2.67. The zero-order valence-corrected chi connectivity index (χ0v) is 20.8. The molecule has 7 heteroatoms. The highest BCUT2D eigenvalue weighted by Gasteiger charge is 2.24. The first-order valence-corrected chi connectivity index (χ1v) is 10.9. The van der Waals surface area contributed by atoms with E-state index < -0.39 is 22.7 Å². The van der Waals surface area contributed by atoms with Gasteiger partial charge in [-0.15, -0.1) is 0 Å². The molecule has 0 N–H and O–H groups in total. The van der Waals surface area contributed by atoms with E-state index in [-0.39, 0.29) is 30.6 Å². The van der Waals surface area contributed by atoms with E-state index >= 15 is 4.39 Å². The van der Waals surface area contributed by atoms with Gasteiger partial charge in [-0.05, 0) is 68.6 Å². The molecule has 0 bridgehead atoms. The van der Waals surface area contributed by atoms with Gasteiger partial charge in [-0.2, -0.15) is 0 Å². The summed E-state index contributed by atoms with van der Waals surface area (Å²) in [4.78, 5) is 13.7. The van der Waals surface area contributed by atoms with E-state index in [9.17, 15) is 9.18 Å². The number of rotatable bonds is 8. The third-order valence-electron chi connectivity index (χ3n) is 4.88. The molecule has 0 amide bonds. The second-order valence-corrected chi connectivity index (χ2v) is 10.1. The highest BCUT2D eigenvalue weighted by Crippen LogP contribution is 2.38. The van der Waals surface area contributed by atoms with Crippen LogP contribution in [-0.4, -0.2) is 50.3 Å². The molecule has 0 aliphatic heterocycles. The van der Waals surface area contributed by atoms with Gasteiger partial charge in [0, 0.05) is 12.1 Å². The van der Waals surface area contributed by atoms with Crippen molar-refractivity contribution >= 4 is 5.97 Å². The summed E-state index contributed by atoms with van der Waals surface area (Å²) < 4.78 is 45.5. The molecule has 2 rings (SSSR count). The third kappa shape index (κ3) is 7.70. The van der Waals surface area contributed by atoms with Crippen molar-refractivity contribution in [1.82, 2.24) is 4.90 Å². The SMILES string of the molecule is COc1ccc(-c2cc(F)c(OCCN(C)CC(=O)OC(C)(C)C)c(C(C)(C)C)c2)cc1F. The lowest BCUT2D eigenvalue weighted by molar-refractivity contribution is -0.155. The molecule has 0 heterocycles. The van der Waals surface area contributed by atoms with Crippen molar-refractivity contribution in [3.8, 4) is 22.6 Å². The fourth-order valence-electron chi connectivity index (χ4n) is 3.29. The Morgan fingerprint density at radius 3 is 2.15 bits per heavy atom. The van der Waals surface area contributed by atoms with E-state index in [4.69, 9.17) is 14.2 Å². The Labute approximate surface area is 195 Å². The Bertz CT molecular complexity index is 977. The number of carbonyl (C=O) groups excluding carboxylic acids is 1. The van der Waals surface area contributed by atoms with Crippen LogP contribution in [0.4, 0.5) is 8.78 Å². The average Bonchev–Trinajstić information content (AvgIpc) is 2.66. The largest absolute Gasteiger partial charge is 0.494 e. The number of methoxy groups -OCH3 is 1. The van der Waals surface area contributed by atoms with Crippen molar-refractivity contribution < 1.29 is 27.8 Å². The molecule has 182 valence electrons. The predicted octanol–water partition coefficient (Wildman–Crippen LogP) is 5.59. The second kappa shape index (κ2) is 10.5. The summed E-state index contributed by atoms with van der Waals surface area (Å²) in [6.45, 7) is 12.0. The van der Waals surface area contributed by atoms with Gasteiger partial charge >= 0.3 is 5.97 Å². The van der Waals surface area contributed by atoms with Gasteiger partial charge in [0.05, 0.1) is 13.7 Å². The molecule has 0 aromatic heterocycles. The van der Waals surface area contributed by atoms with Gasteiger partial charge in [0.15, 0.2) is 23.1 Å². The lowest BCUT2D eigenvalue weighted by Crippen LogP contribution is -2.34. The van der Waals surface area contributed by atoms with Crippen molar-refractivity contribution in [2.24, 2.45) is 0 Å². The summed E-state index contributed by atoms with van der Waals surface area (Å²) in [6, 6.07) is 7.70. The van der Waals surface area contributed by atoms with Gasteiger partial charge in [0.1, 0.15) is 12.2 Å². The molecular formula is C26H35F2NO4. The molecule has 0 saturated carbocycles. The highest BCUT2D eigenvalue weighted by molar-refractivity contribution is 5.72. The van der Waals surface area contributed by atoms with Gasteiger partial charge < -0.3 is 14.2 Å². The Morgan fingerprint density at radius 2 is 1.61 bits per heavy atom. The van der Waals surface area contributed by atoms with Crippen molar-refractivity contribution in [3.63, 3.8) is 0 Å². The van der Waals surface area contributed by atoms with Crippen LogP contribution in [0.5, 0.6) is 11.5 Å². The van der Waals surface area contributed by atoms with E-state index in [1.54, 1.807) is 18.0 Å². The Kier molecular flexibility index (Phi) is 8.46. The maximum Gasteiger partial charge on any atom is 0.320 e. The van der Waals surface area contributed by atoms with Crippen LogP contribution >= 0.6 is 0 Å². The van der Waals surface area contributed by atoms with Crippen LogP contribution < -0.4 is 9.47 Å². The molecule has 2 aromatic rings. The number of halogens is 2. The number of likely N-dealkylation sites (N-methyl/N-ethyl adjacent to an activating group) is 1. The number of esters is 1. The molecular weight excluding hydrogens is 428 g/mol. The monoisotopic (exact) mass is 463 g/mol. The fraction of sp³-hybridized carbons (Fsp3) is 0.500. The van der Waals surface area contributed by atoms with Crippen LogP contribution in [0, 0.1) is 11.6 Å². The molecule has 0 unspecified atom stereocenters. The average molecular weight is 464 g/mol. The van der Waals surface area contributed by atoms with E-state index in [2.05, 4.69) is 0 Å². The first kappa shape index (κ1) is 26.6.